The molecule has 0 aliphatic carbocycles. The zero-order chi connectivity index (χ0) is 16.9. The Hall–Kier alpha value is -2.06. The van der Waals surface area contributed by atoms with E-state index in [2.05, 4.69) is 20.6 Å². The number of aromatic nitrogens is 2. The number of anilines is 3. The molecule has 1 aromatic carbocycles. The van der Waals surface area contributed by atoms with Crippen LogP contribution in [0.1, 0.15) is 12.1 Å². The Morgan fingerprint density at radius 1 is 1.13 bits per heavy atom. The molecule has 2 rings (SSSR count). The van der Waals surface area contributed by atoms with Crippen LogP contribution in [0.15, 0.2) is 30.3 Å². The van der Waals surface area contributed by atoms with E-state index >= 15 is 0 Å². The number of nitrogens with zero attached hydrogens (tertiary/aromatic N) is 2. The Kier molecular flexibility index (Phi) is 5.62. The molecule has 5 nitrogen and oxygen atoms in total. The first-order chi connectivity index (χ1) is 10.9. The van der Waals surface area contributed by atoms with Gasteiger partial charge in [-0.1, -0.05) is 11.6 Å². The van der Waals surface area contributed by atoms with Gasteiger partial charge in [0.05, 0.1) is 0 Å². The number of aliphatic hydroxyl groups excluding tert-OH is 1. The molecule has 0 aliphatic heterocycles. The van der Waals surface area contributed by atoms with Crippen LogP contribution in [0.4, 0.5) is 30.6 Å². The lowest BCUT2D eigenvalue weighted by Gasteiger charge is -2.12. The average molecular weight is 347 g/mol. The molecule has 0 saturated carbocycles. The Morgan fingerprint density at radius 2 is 1.83 bits per heavy atom. The van der Waals surface area contributed by atoms with E-state index in [4.69, 9.17) is 16.7 Å². The van der Waals surface area contributed by atoms with Gasteiger partial charge in [0.15, 0.2) is 5.69 Å². The molecule has 124 valence electrons. The summed E-state index contributed by atoms with van der Waals surface area (Å²) in [5, 5.41) is 14.7. The third kappa shape index (κ3) is 5.26. The fourth-order valence-corrected chi connectivity index (χ4v) is 1.82. The van der Waals surface area contributed by atoms with E-state index in [1.807, 2.05) is 0 Å². The third-order valence-electron chi connectivity index (χ3n) is 2.75. The summed E-state index contributed by atoms with van der Waals surface area (Å²) in [4.78, 5) is 7.43. The second kappa shape index (κ2) is 7.47. The summed E-state index contributed by atoms with van der Waals surface area (Å²) in [6, 6.07) is 7.28. The maximum atomic E-state index is 12.9. The van der Waals surface area contributed by atoms with Gasteiger partial charge < -0.3 is 15.7 Å². The second-order valence-electron chi connectivity index (χ2n) is 4.60. The molecule has 1 aromatic heterocycles. The first-order valence-corrected chi connectivity index (χ1v) is 7.10. The number of aliphatic hydroxyl groups is 1. The predicted octanol–water partition coefficient (Wildman–Crippen LogP) is 3.69. The molecule has 0 aliphatic rings. The van der Waals surface area contributed by atoms with Gasteiger partial charge in [0.25, 0.3) is 0 Å². The van der Waals surface area contributed by atoms with Crippen LogP contribution in [0.25, 0.3) is 0 Å². The van der Waals surface area contributed by atoms with Crippen molar-refractivity contribution in [3.63, 3.8) is 0 Å². The number of rotatable bonds is 6. The Labute approximate surface area is 135 Å². The van der Waals surface area contributed by atoms with Crippen LogP contribution >= 0.6 is 11.6 Å². The monoisotopic (exact) mass is 346 g/mol. The molecule has 0 saturated heterocycles. The average Bonchev–Trinajstić information content (AvgIpc) is 2.49. The van der Waals surface area contributed by atoms with E-state index in [1.165, 1.54) is 0 Å². The summed E-state index contributed by atoms with van der Waals surface area (Å²) in [6.45, 7) is 0.181. The molecule has 0 spiro atoms. The molecule has 9 heteroatoms. The molecule has 2 aromatic rings. The van der Waals surface area contributed by atoms with E-state index in [0.29, 0.717) is 17.1 Å². The highest BCUT2D eigenvalue weighted by atomic mass is 35.5. The van der Waals surface area contributed by atoms with Gasteiger partial charge in [-0.25, -0.2) is 4.98 Å². The molecule has 0 amide bonds. The van der Waals surface area contributed by atoms with Crippen LogP contribution < -0.4 is 10.6 Å². The van der Waals surface area contributed by atoms with Crippen molar-refractivity contribution in [3.05, 3.63) is 41.0 Å². The molecular formula is C14H14ClF3N4O. The summed E-state index contributed by atoms with van der Waals surface area (Å²) in [5.74, 6) is -0.161. The van der Waals surface area contributed by atoms with Gasteiger partial charge in [-0.2, -0.15) is 18.2 Å². The molecule has 23 heavy (non-hydrogen) atoms. The lowest BCUT2D eigenvalue weighted by atomic mass is 10.3. The molecule has 0 unspecified atom stereocenters. The summed E-state index contributed by atoms with van der Waals surface area (Å²) in [5.41, 5.74) is -0.516. The van der Waals surface area contributed by atoms with E-state index < -0.39 is 11.9 Å². The van der Waals surface area contributed by atoms with Gasteiger partial charge in [0.2, 0.25) is 5.95 Å². The minimum atomic E-state index is -4.59. The Bertz CT molecular complexity index is 649. The minimum Gasteiger partial charge on any atom is -0.396 e. The normalized spacial score (nSPS) is 11.3. The van der Waals surface area contributed by atoms with Crippen LogP contribution in [0.5, 0.6) is 0 Å². The Balaban J connectivity index is 2.25. The van der Waals surface area contributed by atoms with E-state index in [1.54, 1.807) is 24.3 Å². The topological polar surface area (TPSA) is 70.1 Å². The maximum Gasteiger partial charge on any atom is 0.433 e. The van der Waals surface area contributed by atoms with Crippen molar-refractivity contribution >= 4 is 29.1 Å². The highest BCUT2D eigenvalue weighted by Gasteiger charge is 2.33. The zero-order valence-electron chi connectivity index (χ0n) is 11.9. The van der Waals surface area contributed by atoms with Crippen LogP contribution in [0.3, 0.4) is 0 Å². The molecule has 3 N–H and O–H groups in total. The van der Waals surface area contributed by atoms with Gasteiger partial charge in [-0.05, 0) is 30.7 Å². The third-order valence-corrected chi connectivity index (χ3v) is 3.00. The van der Waals surface area contributed by atoms with Crippen molar-refractivity contribution in [1.29, 1.82) is 0 Å². The number of benzene rings is 1. The molecular weight excluding hydrogens is 333 g/mol. The van der Waals surface area contributed by atoms with Crippen molar-refractivity contribution in [2.45, 2.75) is 12.6 Å². The van der Waals surface area contributed by atoms with E-state index in [0.717, 1.165) is 6.07 Å². The van der Waals surface area contributed by atoms with Gasteiger partial charge in [-0.3, -0.25) is 0 Å². The number of nitrogens with one attached hydrogen (secondary N) is 2. The summed E-state index contributed by atoms with van der Waals surface area (Å²) in [6.07, 6.45) is -4.22. The summed E-state index contributed by atoms with van der Waals surface area (Å²) in [7, 11) is 0. The van der Waals surface area contributed by atoms with Crippen molar-refractivity contribution in [2.75, 3.05) is 23.8 Å². The molecule has 1 heterocycles. The molecule has 0 radical (unpaired) electrons. The lowest BCUT2D eigenvalue weighted by molar-refractivity contribution is -0.141. The van der Waals surface area contributed by atoms with Crippen molar-refractivity contribution < 1.29 is 18.3 Å². The highest BCUT2D eigenvalue weighted by molar-refractivity contribution is 6.30. The van der Waals surface area contributed by atoms with Gasteiger partial charge in [-0.15, -0.1) is 0 Å². The number of halogens is 4. The smallest absolute Gasteiger partial charge is 0.396 e. The van der Waals surface area contributed by atoms with Crippen molar-refractivity contribution in [3.8, 4) is 0 Å². The lowest BCUT2D eigenvalue weighted by Crippen LogP contribution is -2.14. The van der Waals surface area contributed by atoms with Gasteiger partial charge in [0, 0.05) is 29.9 Å². The second-order valence-corrected chi connectivity index (χ2v) is 5.03. The molecule has 0 fully saturated rings. The summed E-state index contributed by atoms with van der Waals surface area (Å²) < 4.78 is 38.8. The first-order valence-electron chi connectivity index (χ1n) is 6.72. The van der Waals surface area contributed by atoms with E-state index in [9.17, 15) is 13.2 Å². The SMILES string of the molecule is OCCCNc1nc(Nc2ccc(Cl)cc2)cc(C(F)(F)F)n1. The highest BCUT2D eigenvalue weighted by Crippen LogP contribution is 2.30. The predicted molar refractivity (Wildman–Crippen MR) is 82.0 cm³/mol. The number of alkyl halides is 3. The first kappa shape index (κ1) is 17.3. The van der Waals surface area contributed by atoms with Gasteiger partial charge >= 0.3 is 6.18 Å². The fourth-order valence-electron chi connectivity index (χ4n) is 1.70. The zero-order valence-corrected chi connectivity index (χ0v) is 12.6. The summed E-state index contributed by atoms with van der Waals surface area (Å²) >= 11 is 5.76. The van der Waals surface area contributed by atoms with Crippen LogP contribution in [0, 0.1) is 0 Å². The minimum absolute atomic E-state index is 0.00106. The van der Waals surface area contributed by atoms with Crippen LogP contribution in [-0.4, -0.2) is 28.2 Å². The number of hydrogen-bond acceptors (Lipinski definition) is 5. The maximum absolute atomic E-state index is 12.9. The van der Waals surface area contributed by atoms with Gasteiger partial charge in [0.1, 0.15) is 5.82 Å². The van der Waals surface area contributed by atoms with E-state index in [-0.39, 0.29) is 24.9 Å². The Morgan fingerprint density at radius 3 is 2.43 bits per heavy atom. The quantitative estimate of drug-likeness (QED) is 0.696. The van der Waals surface area contributed by atoms with Crippen molar-refractivity contribution in [2.24, 2.45) is 0 Å². The molecule has 0 atom stereocenters. The van der Waals surface area contributed by atoms with Crippen molar-refractivity contribution in [1.82, 2.24) is 9.97 Å². The standard InChI is InChI=1S/C14H14ClF3N4O/c15-9-2-4-10(5-3-9)20-12-8-11(14(16,17)18)21-13(22-12)19-6-1-7-23/h2-5,8,23H,1,6-7H2,(H2,19,20,21,22). The molecule has 0 bridgehead atoms. The largest absolute Gasteiger partial charge is 0.433 e. The van der Waals surface area contributed by atoms with Crippen LogP contribution in [-0.2, 0) is 6.18 Å². The fraction of sp³-hybridized carbons (Fsp3) is 0.286. The van der Waals surface area contributed by atoms with Crippen LogP contribution in [0.2, 0.25) is 5.02 Å². The number of hydrogen-bond donors (Lipinski definition) is 3.